The zero-order valence-electron chi connectivity index (χ0n) is 13.1. The van der Waals surface area contributed by atoms with Crippen LogP contribution in [-0.4, -0.2) is 51.8 Å². The molecule has 7 heteroatoms. The maximum atomic E-state index is 12.5. The summed E-state index contributed by atoms with van der Waals surface area (Å²) in [5, 5.41) is 10.3. The third-order valence-electron chi connectivity index (χ3n) is 3.98. The molecule has 2 aromatic heterocycles. The Bertz CT molecular complexity index is 836. The second kappa shape index (κ2) is 6.54. The summed E-state index contributed by atoms with van der Waals surface area (Å²) in [4.78, 5) is 18.9. The lowest BCUT2D eigenvalue weighted by Crippen LogP contribution is -2.46. The molecule has 1 fully saturated rings. The first-order valence-electron chi connectivity index (χ1n) is 7.87. The Morgan fingerprint density at radius 1 is 1.17 bits per heavy atom. The van der Waals surface area contributed by atoms with Gasteiger partial charge in [-0.15, -0.1) is 11.3 Å². The fourth-order valence-corrected chi connectivity index (χ4v) is 3.46. The van der Waals surface area contributed by atoms with Crippen LogP contribution in [0.1, 0.15) is 10.5 Å². The van der Waals surface area contributed by atoms with Crippen LogP contribution in [0.4, 0.5) is 0 Å². The van der Waals surface area contributed by atoms with Crippen molar-refractivity contribution < 1.29 is 4.79 Å². The third kappa shape index (κ3) is 2.95. The van der Waals surface area contributed by atoms with Crippen molar-refractivity contribution in [1.29, 1.82) is 0 Å². The Hall–Kier alpha value is -2.51. The molecular formula is C17H17N5OS. The molecule has 4 rings (SSSR count). The lowest BCUT2D eigenvalue weighted by Gasteiger charge is -2.26. The van der Waals surface area contributed by atoms with Crippen molar-refractivity contribution in [2.45, 2.75) is 0 Å². The summed E-state index contributed by atoms with van der Waals surface area (Å²) in [7, 11) is 0. The lowest BCUT2D eigenvalue weighted by atomic mass is 10.3. The molecule has 0 aliphatic carbocycles. The van der Waals surface area contributed by atoms with Gasteiger partial charge in [-0.25, -0.2) is 9.67 Å². The molecule has 0 saturated carbocycles. The van der Waals surface area contributed by atoms with E-state index in [9.17, 15) is 4.79 Å². The molecule has 122 valence electrons. The monoisotopic (exact) mass is 339 g/mol. The summed E-state index contributed by atoms with van der Waals surface area (Å²) in [5.41, 5.74) is 2.44. The molecule has 1 aromatic carbocycles. The van der Waals surface area contributed by atoms with Crippen molar-refractivity contribution in [2.75, 3.05) is 26.2 Å². The predicted octanol–water partition coefficient (Wildman–Crippen LogP) is 2.04. The number of carbonyl (C=O) groups is 1. The number of thiazole rings is 1. The highest BCUT2D eigenvalue weighted by atomic mass is 32.1. The zero-order chi connectivity index (χ0) is 16.4. The fourth-order valence-electron chi connectivity index (χ4n) is 2.69. The SMILES string of the molecule is O=C(c1csc(-c2cnn(-c3ccccc3)c2)n1)N1CCNCC1. The number of nitrogens with one attached hydrogen (secondary N) is 1. The Kier molecular flexibility index (Phi) is 4.10. The smallest absolute Gasteiger partial charge is 0.273 e. The van der Waals surface area contributed by atoms with E-state index in [0.717, 1.165) is 42.4 Å². The van der Waals surface area contributed by atoms with Gasteiger partial charge in [-0.05, 0) is 12.1 Å². The average Bonchev–Trinajstić information content (AvgIpc) is 3.32. The van der Waals surface area contributed by atoms with Gasteiger partial charge < -0.3 is 10.2 Å². The molecule has 1 aliphatic rings. The molecule has 6 nitrogen and oxygen atoms in total. The second-order valence-electron chi connectivity index (χ2n) is 5.59. The van der Waals surface area contributed by atoms with Crippen LogP contribution in [0, 0.1) is 0 Å². The maximum absolute atomic E-state index is 12.5. The van der Waals surface area contributed by atoms with Crippen LogP contribution in [0.5, 0.6) is 0 Å². The normalized spacial score (nSPS) is 14.8. The van der Waals surface area contributed by atoms with Crippen molar-refractivity contribution in [1.82, 2.24) is 25.0 Å². The number of carbonyl (C=O) groups excluding carboxylic acids is 1. The molecule has 0 radical (unpaired) electrons. The highest BCUT2D eigenvalue weighted by Crippen LogP contribution is 2.24. The molecule has 0 bridgehead atoms. The first-order chi connectivity index (χ1) is 11.8. The number of benzene rings is 1. The van der Waals surface area contributed by atoms with Gasteiger partial charge in [0.25, 0.3) is 5.91 Å². The number of hydrogen-bond acceptors (Lipinski definition) is 5. The molecule has 1 aliphatic heterocycles. The summed E-state index contributed by atoms with van der Waals surface area (Å²) in [6, 6.07) is 9.92. The second-order valence-corrected chi connectivity index (χ2v) is 6.45. The van der Waals surface area contributed by atoms with Crippen LogP contribution >= 0.6 is 11.3 Å². The van der Waals surface area contributed by atoms with E-state index in [-0.39, 0.29) is 5.91 Å². The van der Waals surface area contributed by atoms with E-state index in [1.165, 1.54) is 11.3 Å². The Morgan fingerprint density at radius 2 is 1.96 bits per heavy atom. The maximum Gasteiger partial charge on any atom is 0.273 e. The molecule has 1 saturated heterocycles. The minimum Gasteiger partial charge on any atom is -0.335 e. The van der Waals surface area contributed by atoms with Gasteiger partial charge in [0.1, 0.15) is 10.7 Å². The topological polar surface area (TPSA) is 63.1 Å². The average molecular weight is 339 g/mol. The van der Waals surface area contributed by atoms with Crippen LogP contribution in [-0.2, 0) is 0 Å². The zero-order valence-corrected chi connectivity index (χ0v) is 13.9. The number of amides is 1. The minimum atomic E-state index is 0.00875. The Labute approximate surface area is 143 Å². The van der Waals surface area contributed by atoms with E-state index in [2.05, 4.69) is 15.4 Å². The minimum absolute atomic E-state index is 0.00875. The van der Waals surface area contributed by atoms with Crippen LogP contribution in [0.25, 0.3) is 16.3 Å². The highest BCUT2D eigenvalue weighted by molar-refractivity contribution is 7.13. The number of para-hydroxylation sites is 1. The summed E-state index contributed by atoms with van der Waals surface area (Å²) < 4.78 is 1.81. The van der Waals surface area contributed by atoms with Crippen LogP contribution in [0.15, 0.2) is 48.1 Å². The predicted molar refractivity (Wildman–Crippen MR) is 93.4 cm³/mol. The van der Waals surface area contributed by atoms with Gasteiger partial charge in [-0.2, -0.15) is 5.10 Å². The lowest BCUT2D eigenvalue weighted by molar-refractivity contribution is 0.0731. The number of piperazine rings is 1. The summed E-state index contributed by atoms with van der Waals surface area (Å²) >= 11 is 1.48. The summed E-state index contributed by atoms with van der Waals surface area (Å²) in [6.07, 6.45) is 3.72. The number of aromatic nitrogens is 3. The van der Waals surface area contributed by atoms with Crippen LogP contribution < -0.4 is 5.32 Å². The first kappa shape index (κ1) is 15.0. The van der Waals surface area contributed by atoms with Gasteiger partial charge in [0.2, 0.25) is 0 Å². The molecule has 0 unspecified atom stereocenters. The van der Waals surface area contributed by atoms with Crippen molar-refractivity contribution in [3.8, 4) is 16.3 Å². The van der Waals surface area contributed by atoms with E-state index in [4.69, 9.17) is 0 Å². The van der Waals surface area contributed by atoms with Gasteiger partial charge in [-0.1, -0.05) is 18.2 Å². The Morgan fingerprint density at radius 3 is 2.75 bits per heavy atom. The van der Waals surface area contributed by atoms with Gasteiger partial charge >= 0.3 is 0 Å². The van der Waals surface area contributed by atoms with E-state index in [0.29, 0.717) is 5.69 Å². The van der Waals surface area contributed by atoms with E-state index >= 15 is 0 Å². The molecule has 3 aromatic rings. The fraction of sp³-hybridized carbons (Fsp3) is 0.235. The molecule has 1 amide bonds. The van der Waals surface area contributed by atoms with Crippen LogP contribution in [0.2, 0.25) is 0 Å². The molecule has 24 heavy (non-hydrogen) atoms. The number of nitrogens with zero attached hydrogens (tertiary/aromatic N) is 4. The molecule has 1 N–H and O–H groups in total. The molecule has 0 atom stereocenters. The van der Waals surface area contributed by atoms with Gasteiger partial charge in [0, 0.05) is 43.3 Å². The number of rotatable bonds is 3. The van der Waals surface area contributed by atoms with Crippen molar-refractivity contribution in [2.24, 2.45) is 0 Å². The largest absolute Gasteiger partial charge is 0.335 e. The van der Waals surface area contributed by atoms with E-state index in [1.54, 1.807) is 6.20 Å². The van der Waals surface area contributed by atoms with Crippen molar-refractivity contribution >= 4 is 17.2 Å². The van der Waals surface area contributed by atoms with Crippen molar-refractivity contribution in [3.05, 3.63) is 53.8 Å². The highest BCUT2D eigenvalue weighted by Gasteiger charge is 2.21. The van der Waals surface area contributed by atoms with E-state index in [1.807, 2.05) is 51.5 Å². The summed E-state index contributed by atoms with van der Waals surface area (Å²) in [5.74, 6) is 0.00875. The molecule has 0 spiro atoms. The van der Waals surface area contributed by atoms with E-state index < -0.39 is 0 Å². The Balaban J connectivity index is 1.55. The van der Waals surface area contributed by atoms with Gasteiger partial charge in [-0.3, -0.25) is 4.79 Å². The summed E-state index contributed by atoms with van der Waals surface area (Å²) in [6.45, 7) is 3.15. The quantitative estimate of drug-likeness (QED) is 0.793. The molecular weight excluding hydrogens is 322 g/mol. The van der Waals surface area contributed by atoms with Gasteiger partial charge in [0.05, 0.1) is 11.9 Å². The van der Waals surface area contributed by atoms with Crippen LogP contribution in [0.3, 0.4) is 0 Å². The molecule has 3 heterocycles. The third-order valence-corrected chi connectivity index (χ3v) is 4.87. The van der Waals surface area contributed by atoms with Gasteiger partial charge in [0.15, 0.2) is 0 Å². The first-order valence-corrected chi connectivity index (χ1v) is 8.75. The standard InChI is InChI=1S/C17H17N5OS/c23-17(21-8-6-18-7-9-21)15-12-24-16(20-15)13-10-19-22(11-13)14-4-2-1-3-5-14/h1-5,10-12,18H,6-9H2. The van der Waals surface area contributed by atoms with Crippen molar-refractivity contribution in [3.63, 3.8) is 0 Å². The number of hydrogen-bond donors (Lipinski definition) is 1.